The second-order valence-corrected chi connectivity index (χ2v) is 5.31. The fourth-order valence-corrected chi connectivity index (χ4v) is 2.45. The van der Waals surface area contributed by atoms with E-state index >= 15 is 0 Å². The van der Waals surface area contributed by atoms with Crippen LogP contribution in [0.3, 0.4) is 0 Å². The Morgan fingerprint density at radius 2 is 2.11 bits per heavy atom. The molecule has 0 atom stereocenters. The van der Waals surface area contributed by atoms with Gasteiger partial charge in [-0.3, -0.25) is 0 Å². The summed E-state index contributed by atoms with van der Waals surface area (Å²) in [5.74, 6) is 0.605. The smallest absolute Gasteiger partial charge is 0.430 e. The topological polar surface area (TPSA) is 45.1 Å². The lowest BCUT2D eigenvalue weighted by Crippen LogP contribution is -2.40. The third-order valence-corrected chi connectivity index (χ3v) is 3.44. The summed E-state index contributed by atoms with van der Waals surface area (Å²) in [6.07, 6.45) is -0.531. The number of nitrogens with zero attached hydrogens (tertiary/aromatic N) is 3. The molecule has 0 spiro atoms. The van der Waals surface area contributed by atoms with Gasteiger partial charge in [0.05, 0.1) is 6.10 Å². The van der Waals surface area contributed by atoms with Gasteiger partial charge in [0, 0.05) is 12.6 Å². The Balaban J connectivity index is 2.04. The van der Waals surface area contributed by atoms with Crippen LogP contribution in [0.15, 0.2) is 35.4 Å². The summed E-state index contributed by atoms with van der Waals surface area (Å²) in [6.45, 7) is 3.65. The first-order valence-electron chi connectivity index (χ1n) is 6.06. The van der Waals surface area contributed by atoms with E-state index < -0.39 is 6.09 Å². The van der Waals surface area contributed by atoms with Gasteiger partial charge < -0.3 is 4.74 Å². The maximum absolute atomic E-state index is 11.8. The highest BCUT2D eigenvalue weighted by Crippen LogP contribution is 2.23. The Kier molecular flexibility index (Phi) is 4.31. The van der Waals surface area contributed by atoms with Crippen LogP contribution in [0.1, 0.15) is 19.4 Å². The van der Waals surface area contributed by atoms with Gasteiger partial charge >= 0.3 is 6.09 Å². The zero-order chi connectivity index (χ0) is 13.8. The molecule has 19 heavy (non-hydrogen) atoms. The van der Waals surface area contributed by atoms with E-state index in [0.29, 0.717) is 5.88 Å². The summed E-state index contributed by atoms with van der Waals surface area (Å²) in [4.78, 5) is 11.8. The van der Waals surface area contributed by atoms with Crippen LogP contribution in [-0.4, -0.2) is 40.3 Å². The quantitative estimate of drug-likeness (QED) is 0.853. The molecule has 1 amide bonds. The average molecular weight is 279 g/mol. The van der Waals surface area contributed by atoms with Crippen LogP contribution in [-0.2, 0) is 4.74 Å². The maximum atomic E-state index is 11.8. The number of benzene rings is 1. The summed E-state index contributed by atoms with van der Waals surface area (Å²) < 4.78 is 5.13. The number of rotatable bonds is 3. The van der Waals surface area contributed by atoms with Crippen molar-refractivity contribution in [3.05, 3.63) is 35.9 Å². The maximum Gasteiger partial charge on any atom is 0.430 e. The number of hydrazone groups is 1. The van der Waals surface area contributed by atoms with Crippen LogP contribution < -0.4 is 0 Å². The monoisotopic (exact) mass is 279 g/mol. The molecule has 0 fully saturated rings. The van der Waals surface area contributed by atoms with Gasteiger partial charge in [-0.05, 0) is 13.8 Å². The molecule has 1 aromatic rings. The van der Waals surface area contributed by atoms with E-state index in [1.807, 2.05) is 44.2 Å². The minimum absolute atomic E-state index is 0.136. The highest BCUT2D eigenvalue weighted by molar-refractivity contribution is 8.14. The second kappa shape index (κ2) is 5.97. The van der Waals surface area contributed by atoms with E-state index in [1.54, 1.807) is 23.9 Å². The number of hydrogen-bond acceptors (Lipinski definition) is 5. The van der Waals surface area contributed by atoms with Crippen LogP contribution in [0, 0.1) is 0 Å². The van der Waals surface area contributed by atoms with Gasteiger partial charge in [-0.1, -0.05) is 42.1 Å². The van der Waals surface area contributed by atoms with E-state index in [2.05, 4.69) is 5.10 Å². The predicted octanol–water partition coefficient (Wildman–Crippen LogP) is 2.75. The van der Waals surface area contributed by atoms with E-state index in [4.69, 9.17) is 4.74 Å². The molecule has 1 aliphatic heterocycles. The number of thioether (sulfide) groups is 1. The number of amides is 1. The van der Waals surface area contributed by atoms with Gasteiger partial charge in [0.15, 0.2) is 0 Å². The van der Waals surface area contributed by atoms with Gasteiger partial charge in [0.25, 0.3) is 0 Å². The third-order valence-electron chi connectivity index (χ3n) is 2.49. The van der Waals surface area contributed by atoms with E-state index in [-0.39, 0.29) is 6.10 Å². The SMILES string of the molecule is CC(C)OC(=O)N(C)N1CSC(c2ccccc2)=N1. The Morgan fingerprint density at radius 1 is 1.42 bits per heavy atom. The number of carbonyl (C=O) groups is 1. The average Bonchev–Trinajstić information content (AvgIpc) is 2.87. The van der Waals surface area contributed by atoms with Crippen molar-refractivity contribution in [3.8, 4) is 0 Å². The van der Waals surface area contributed by atoms with E-state index in [1.165, 1.54) is 5.01 Å². The standard InChI is InChI=1S/C13H17N3O2S/c1-10(2)18-13(17)15(3)16-9-19-12(14-16)11-7-5-4-6-8-11/h4-8,10H,9H2,1-3H3. The molecule has 0 unspecified atom stereocenters. The van der Waals surface area contributed by atoms with Crippen molar-refractivity contribution < 1.29 is 9.53 Å². The zero-order valence-corrected chi connectivity index (χ0v) is 12.1. The molecule has 0 radical (unpaired) electrons. The van der Waals surface area contributed by atoms with Crippen molar-refractivity contribution in [2.24, 2.45) is 5.10 Å². The van der Waals surface area contributed by atoms with Crippen LogP contribution in [0.5, 0.6) is 0 Å². The first-order valence-corrected chi connectivity index (χ1v) is 7.05. The Hall–Kier alpha value is -1.69. The minimum Gasteiger partial charge on any atom is -0.445 e. The van der Waals surface area contributed by atoms with Crippen LogP contribution in [0.25, 0.3) is 0 Å². The second-order valence-electron chi connectivity index (χ2n) is 4.37. The summed E-state index contributed by atoms with van der Waals surface area (Å²) in [5.41, 5.74) is 1.06. The lowest BCUT2D eigenvalue weighted by molar-refractivity contribution is 0.000614. The first kappa shape index (κ1) is 13.7. The number of ether oxygens (including phenoxy) is 1. The highest BCUT2D eigenvalue weighted by atomic mass is 32.2. The lowest BCUT2D eigenvalue weighted by atomic mass is 10.2. The molecule has 0 aromatic heterocycles. The van der Waals surface area contributed by atoms with Crippen molar-refractivity contribution in [1.29, 1.82) is 0 Å². The van der Waals surface area contributed by atoms with Gasteiger partial charge in [-0.2, -0.15) is 5.12 Å². The van der Waals surface area contributed by atoms with Crippen molar-refractivity contribution >= 4 is 22.9 Å². The molecule has 1 heterocycles. The molecular weight excluding hydrogens is 262 g/mol. The summed E-state index contributed by atoms with van der Waals surface area (Å²) >= 11 is 1.59. The highest BCUT2D eigenvalue weighted by Gasteiger charge is 2.24. The molecule has 6 heteroatoms. The van der Waals surface area contributed by atoms with Crippen LogP contribution in [0.4, 0.5) is 4.79 Å². The van der Waals surface area contributed by atoms with Gasteiger partial charge in [-0.25, -0.2) is 9.80 Å². The minimum atomic E-state index is -0.395. The molecule has 0 saturated carbocycles. The van der Waals surface area contributed by atoms with Crippen LogP contribution >= 0.6 is 11.8 Å². The third kappa shape index (κ3) is 3.41. The lowest BCUT2D eigenvalue weighted by Gasteiger charge is -2.25. The molecule has 1 aliphatic rings. The molecule has 0 N–H and O–H groups in total. The van der Waals surface area contributed by atoms with Gasteiger partial charge in [-0.15, -0.1) is 5.10 Å². The molecule has 5 nitrogen and oxygen atoms in total. The van der Waals surface area contributed by atoms with Gasteiger partial charge in [0.2, 0.25) is 0 Å². The molecule has 102 valence electrons. The van der Waals surface area contributed by atoms with E-state index in [0.717, 1.165) is 10.6 Å². The van der Waals surface area contributed by atoms with Crippen LogP contribution in [0.2, 0.25) is 0 Å². The first-order chi connectivity index (χ1) is 9.08. The van der Waals surface area contributed by atoms with Crippen molar-refractivity contribution in [2.45, 2.75) is 20.0 Å². The molecule has 1 aromatic carbocycles. The molecule has 2 rings (SSSR count). The number of carbonyl (C=O) groups excluding carboxylic acids is 1. The summed E-state index contributed by atoms with van der Waals surface area (Å²) in [7, 11) is 1.66. The van der Waals surface area contributed by atoms with Crippen molar-refractivity contribution in [1.82, 2.24) is 10.1 Å². The largest absolute Gasteiger partial charge is 0.445 e. The van der Waals surface area contributed by atoms with Crippen molar-refractivity contribution in [3.63, 3.8) is 0 Å². The summed E-state index contributed by atoms with van der Waals surface area (Å²) in [6, 6.07) is 9.91. The van der Waals surface area contributed by atoms with E-state index in [9.17, 15) is 4.79 Å². The zero-order valence-electron chi connectivity index (χ0n) is 11.2. The Morgan fingerprint density at radius 3 is 2.74 bits per heavy atom. The number of hydrazine groups is 1. The molecule has 0 saturated heterocycles. The number of hydrogen-bond donors (Lipinski definition) is 0. The van der Waals surface area contributed by atoms with Gasteiger partial charge in [0.1, 0.15) is 10.9 Å². The fourth-order valence-electron chi connectivity index (χ4n) is 1.53. The predicted molar refractivity (Wildman–Crippen MR) is 76.7 cm³/mol. The fraction of sp³-hybridized carbons (Fsp3) is 0.385. The van der Waals surface area contributed by atoms with Crippen molar-refractivity contribution in [2.75, 3.05) is 12.9 Å². The molecule has 0 bridgehead atoms. The Bertz CT molecular complexity index is 476. The Labute approximate surface area is 117 Å². The summed E-state index contributed by atoms with van der Waals surface area (Å²) in [5, 5.41) is 8.33. The normalized spacial score (nSPS) is 14.5. The molecular formula is C13H17N3O2S. The molecule has 0 aliphatic carbocycles.